The Bertz CT molecular complexity index is 651. The number of carbonyl (C=O) groups is 2. The number of morpholine rings is 1. The fourth-order valence-corrected chi connectivity index (χ4v) is 3.72. The van der Waals surface area contributed by atoms with Crippen molar-refractivity contribution in [2.24, 2.45) is 0 Å². The van der Waals surface area contributed by atoms with Crippen LogP contribution in [0.15, 0.2) is 10.7 Å². The summed E-state index contributed by atoms with van der Waals surface area (Å²) in [6.45, 7) is 10.9. The molecule has 3 amide bonds. The maximum atomic E-state index is 12.8. The van der Waals surface area contributed by atoms with Gasteiger partial charge in [0.1, 0.15) is 6.26 Å². The number of carbonyl (C=O) groups excluding carboxylic acids is 2. The normalized spacial score (nSPS) is 26.5. The minimum Gasteiger partial charge on any atom is -0.449 e. The molecule has 1 aromatic rings. The standard InChI is InChI=1S/C18H28N4O4/c1-12(21-8-13(2)26-14(3)9-21)7-20-6-5-17(23)22(18(20)24)10-16-11-25-15(4)19-16/h11-14H,5-10H2,1-4H3/t12?,13-,14+. The van der Waals surface area contributed by atoms with E-state index >= 15 is 0 Å². The molecule has 2 fully saturated rings. The highest BCUT2D eigenvalue weighted by Crippen LogP contribution is 2.18. The second-order valence-corrected chi connectivity index (χ2v) is 7.38. The molecule has 144 valence electrons. The van der Waals surface area contributed by atoms with Gasteiger partial charge in [-0.05, 0) is 20.8 Å². The van der Waals surface area contributed by atoms with E-state index in [9.17, 15) is 9.59 Å². The van der Waals surface area contributed by atoms with Gasteiger partial charge in [0.15, 0.2) is 5.89 Å². The largest absolute Gasteiger partial charge is 0.449 e. The lowest BCUT2D eigenvalue weighted by Gasteiger charge is -2.42. The van der Waals surface area contributed by atoms with Gasteiger partial charge in [-0.1, -0.05) is 0 Å². The lowest BCUT2D eigenvalue weighted by molar-refractivity contribution is -0.131. The third kappa shape index (κ3) is 4.24. The van der Waals surface area contributed by atoms with Crippen LogP contribution in [0.1, 0.15) is 38.8 Å². The SMILES string of the molecule is Cc1nc(CN2C(=O)CCN(CC(C)N3C[C@@H](C)O[C@@H](C)C3)C2=O)co1. The topological polar surface area (TPSA) is 79.1 Å². The maximum absolute atomic E-state index is 12.8. The summed E-state index contributed by atoms with van der Waals surface area (Å²) < 4.78 is 11.0. The first-order valence-electron chi connectivity index (χ1n) is 9.23. The molecule has 0 N–H and O–H groups in total. The van der Waals surface area contributed by atoms with Crippen LogP contribution in [0, 0.1) is 6.92 Å². The van der Waals surface area contributed by atoms with Crippen LogP contribution < -0.4 is 0 Å². The highest BCUT2D eigenvalue weighted by molar-refractivity contribution is 5.96. The van der Waals surface area contributed by atoms with Gasteiger partial charge in [0.05, 0.1) is 24.4 Å². The van der Waals surface area contributed by atoms with E-state index in [0.29, 0.717) is 31.1 Å². The molecule has 8 heteroatoms. The maximum Gasteiger partial charge on any atom is 0.327 e. The fourth-order valence-electron chi connectivity index (χ4n) is 3.72. The van der Waals surface area contributed by atoms with E-state index in [0.717, 1.165) is 13.1 Å². The van der Waals surface area contributed by atoms with Gasteiger partial charge >= 0.3 is 6.03 Å². The molecule has 8 nitrogen and oxygen atoms in total. The molecule has 2 aliphatic rings. The van der Waals surface area contributed by atoms with E-state index < -0.39 is 0 Å². The van der Waals surface area contributed by atoms with Gasteiger partial charge in [0, 0.05) is 45.6 Å². The molecule has 3 atom stereocenters. The van der Waals surface area contributed by atoms with Gasteiger partial charge in [-0.15, -0.1) is 0 Å². The molecule has 0 aliphatic carbocycles. The molecule has 0 spiro atoms. The molecule has 0 radical (unpaired) electrons. The molecular weight excluding hydrogens is 336 g/mol. The number of imide groups is 1. The highest BCUT2D eigenvalue weighted by atomic mass is 16.5. The molecule has 3 heterocycles. The van der Waals surface area contributed by atoms with Crippen LogP contribution >= 0.6 is 0 Å². The number of aryl methyl sites for hydroxylation is 1. The van der Waals surface area contributed by atoms with Gasteiger partial charge in [0.25, 0.3) is 0 Å². The third-order valence-corrected chi connectivity index (χ3v) is 4.94. The zero-order chi connectivity index (χ0) is 18.8. The number of amides is 3. The van der Waals surface area contributed by atoms with E-state index in [1.807, 2.05) is 0 Å². The minimum absolute atomic E-state index is 0.158. The quantitative estimate of drug-likeness (QED) is 0.790. The monoisotopic (exact) mass is 364 g/mol. The van der Waals surface area contributed by atoms with Crippen LogP contribution in [0.2, 0.25) is 0 Å². The second kappa shape index (κ2) is 7.75. The van der Waals surface area contributed by atoms with Crippen molar-refractivity contribution < 1.29 is 18.7 Å². The predicted octanol–water partition coefficient (Wildman–Crippen LogP) is 1.64. The molecule has 2 saturated heterocycles. The molecule has 1 unspecified atom stereocenters. The van der Waals surface area contributed by atoms with Gasteiger partial charge in [-0.25, -0.2) is 9.78 Å². The number of ether oxygens (including phenoxy) is 1. The number of nitrogens with zero attached hydrogens (tertiary/aromatic N) is 4. The Morgan fingerprint density at radius 2 is 1.96 bits per heavy atom. The molecule has 0 bridgehead atoms. The molecule has 26 heavy (non-hydrogen) atoms. The van der Waals surface area contributed by atoms with E-state index in [2.05, 4.69) is 30.7 Å². The van der Waals surface area contributed by atoms with Crippen molar-refractivity contribution in [1.82, 2.24) is 19.7 Å². The minimum atomic E-state index is -0.247. The van der Waals surface area contributed by atoms with Crippen LogP contribution in [-0.4, -0.2) is 76.1 Å². The number of oxazole rings is 1. The zero-order valence-corrected chi connectivity index (χ0v) is 16.0. The van der Waals surface area contributed by atoms with Crippen molar-refractivity contribution in [3.8, 4) is 0 Å². The van der Waals surface area contributed by atoms with Gasteiger partial charge in [0.2, 0.25) is 5.91 Å². The first kappa shape index (κ1) is 18.8. The highest BCUT2D eigenvalue weighted by Gasteiger charge is 2.35. The molecule has 1 aromatic heterocycles. The summed E-state index contributed by atoms with van der Waals surface area (Å²) >= 11 is 0. The summed E-state index contributed by atoms with van der Waals surface area (Å²) in [6.07, 6.45) is 2.21. The van der Waals surface area contributed by atoms with Crippen LogP contribution in [0.5, 0.6) is 0 Å². The number of rotatable bonds is 5. The van der Waals surface area contributed by atoms with E-state index in [4.69, 9.17) is 9.15 Å². The molecular formula is C18H28N4O4. The van der Waals surface area contributed by atoms with Crippen molar-refractivity contribution >= 4 is 11.9 Å². The fraction of sp³-hybridized carbons (Fsp3) is 0.722. The average molecular weight is 364 g/mol. The van der Waals surface area contributed by atoms with Gasteiger partial charge < -0.3 is 14.1 Å². The summed E-state index contributed by atoms with van der Waals surface area (Å²) in [7, 11) is 0. The van der Waals surface area contributed by atoms with Gasteiger partial charge in [-0.3, -0.25) is 14.6 Å². The number of hydrogen-bond acceptors (Lipinski definition) is 6. The summed E-state index contributed by atoms with van der Waals surface area (Å²) in [4.78, 5) is 34.6. The van der Waals surface area contributed by atoms with E-state index in [1.54, 1.807) is 11.8 Å². The number of aromatic nitrogens is 1. The van der Waals surface area contributed by atoms with Crippen molar-refractivity contribution in [2.45, 2.75) is 58.9 Å². The lowest BCUT2D eigenvalue weighted by atomic mass is 10.1. The Labute approximate surface area is 154 Å². The van der Waals surface area contributed by atoms with Crippen molar-refractivity contribution in [3.63, 3.8) is 0 Å². The van der Waals surface area contributed by atoms with Crippen molar-refractivity contribution in [3.05, 3.63) is 17.8 Å². The predicted molar refractivity (Wildman–Crippen MR) is 94.4 cm³/mol. The van der Waals surface area contributed by atoms with Crippen molar-refractivity contribution in [2.75, 3.05) is 26.2 Å². The van der Waals surface area contributed by atoms with Crippen LogP contribution in [-0.2, 0) is 16.1 Å². The smallest absolute Gasteiger partial charge is 0.327 e. The zero-order valence-electron chi connectivity index (χ0n) is 16.0. The Kier molecular flexibility index (Phi) is 5.62. The Morgan fingerprint density at radius 3 is 2.58 bits per heavy atom. The average Bonchev–Trinajstić information content (AvgIpc) is 2.98. The summed E-state index contributed by atoms with van der Waals surface area (Å²) in [6, 6.07) is -0.0415. The summed E-state index contributed by atoms with van der Waals surface area (Å²) in [5.74, 6) is 0.367. The Balaban J connectivity index is 1.62. The first-order valence-corrected chi connectivity index (χ1v) is 9.23. The van der Waals surface area contributed by atoms with Gasteiger partial charge in [-0.2, -0.15) is 0 Å². The number of hydrogen-bond donors (Lipinski definition) is 0. The molecule has 0 aromatic carbocycles. The Morgan fingerprint density at radius 1 is 1.27 bits per heavy atom. The molecule has 0 saturated carbocycles. The Hall–Kier alpha value is -1.93. The molecule has 2 aliphatic heterocycles. The molecule has 3 rings (SSSR count). The van der Waals surface area contributed by atoms with Crippen LogP contribution in [0.25, 0.3) is 0 Å². The van der Waals surface area contributed by atoms with E-state index in [-0.39, 0.29) is 36.7 Å². The second-order valence-electron chi connectivity index (χ2n) is 7.38. The summed E-state index contributed by atoms with van der Waals surface area (Å²) in [5.41, 5.74) is 0.593. The summed E-state index contributed by atoms with van der Waals surface area (Å²) in [5, 5.41) is 0. The first-order chi connectivity index (χ1) is 12.3. The number of urea groups is 1. The van der Waals surface area contributed by atoms with Crippen LogP contribution in [0.4, 0.5) is 4.79 Å². The van der Waals surface area contributed by atoms with E-state index in [1.165, 1.54) is 11.2 Å². The third-order valence-electron chi connectivity index (χ3n) is 4.94. The van der Waals surface area contributed by atoms with Crippen molar-refractivity contribution in [1.29, 1.82) is 0 Å². The lowest BCUT2D eigenvalue weighted by Crippen LogP contribution is -2.57. The van der Waals surface area contributed by atoms with Crippen LogP contribution in [0.3, 0.4) is 0 Å².